The molecule has 0 radical (unpaired) electrons. The number of hydrogen-bond acceptors (Lipinski definition) is 7. The van der Waals surface area contributed by atoms with Crippen molar-refractivity contribution in [3.8, 4) is 17.3 Å². The first-order valence-corrected chi connectivity index (χ1v) is 7.67. The third kappa shape index (κ3) is 4.35. The molecule has 0 bridgehead atoms. The van der Waals surface area contributed by atoms with Crippen LogP contribution in [0.2, 0.25) is 0 Å². The minimum absolute atomic E-state index is 0.0775. The molecule has 0 amide bonds. The summed E-state index contributed by atoms with van der Waals surface area (Å²) in [7, 11) is 0. The summed E-state index contributed by atoms with van der Waals surface area (Å²) in [6.45, 7) is 1.45. The van der Waals surface area contributed by atoms with Crippen LogP contribution in [0.25, 0.3) is 11.5 Å². The van der Waals surface area contributed by atoms with Crippen LogP contribution >= 0.6 is 0 Å². The molecular formula is C18H15N3O4. The van der Waals surface area contributed by atoms with Crippen molar-refractivity contribution in [1.29, 1.82) is 0 Å². The van der Waals surface area contributed by atoms with Gasteiger partial charge in [-0.1, -0.05) is 23.4 Å². The number of carbonyl (C=O) groups is 2. The molecule has 3 aromatic rings. The quantitative estimate of drug-likeness (QED) is 0.388. The lowest BCUT2D eigenvalue weighted by Gasteiger charge is -2.04. The van der Waals surface area contributed by atoms with Crippen LogP contribution < -0.4 is 4.74 Å². The average molecular weight is 337 g/mol. The van der Waals surface area contributed by atoms with E-state index < -0.39 is 5.97 Å². The fourth-order valence-electron chi connectivity index (χ4n) is 2.13. The molecule has 0 atom stereocenters. The number of esters is 1. The molecule has 2 heterocycles. The minimum Gasteiger partial charge on any atom is -0.426 e. The van der Waals surface area contributed by atoms with Crippen LogP contribution in [0.5, 0.6) is 5.75 Å². The van der Waals surface area contributed by atoms with Gasteiger partial charge < -0.3 is 9.26 Å². The van der Waals surface area contributed by atoms with Crippen molar-refractivity contribution in [1.82, 2.24) is 15.1 Å². The molecule has 7 heteroatoms. The lowest BCUT2D eigenvalue weighted by Crippen LogP contribution is -2.09. The van der Waals surface area contributed by atoms with E-state index in [2.05, 4.69) is 15.1 Å². The first-order valence-electron chi connectivity index (χ1n) is 7.67. The van der Waals surface area contributed by atoms with Crippen LogP contribution in [0.15, 0.2) is 53.2 Å². The van der Waals surface area contributed by atoms with Crippen molar-refractivity contribution < 1.29 is 18.8 Å². The molecule has 0 spiro atoms. The summed E-state index contributed by atoms with van der Waals surface area (Å²) >= 11 is 0. The van der Waals surface area contributed by atoms with E-state index in [1.54, 1.807) is 36.5 Å². The van der Waals surface area contributed by atoms with Crippen LogP contribution in [-0.2, 0) is 11.2 Å². The number of nitrogens with zero attached hydrogens (tertiary/aromatic N) is 3. The second-order valence-corrected chi connectivity index (χ2v) is 5.28. The number of carbonyl (C=O) groups excluding carboxylic acids is 2. The van der Waals surface area contributed by atoms with E-state index in [-0.39, 0.29) is 18.6 Å². The van der Waals surface area contributed by atoms with Gasteiger partial charge in [0.05, 0.1) is 6.42 Å². The highest BCUT2D eigenvalue weighted by Crippen LogP contribution is 2.16. The van der Waals surface area contributed by atoms with E-state index in [9.17, 15) is 9.59 Å². The maximum atomic E-state index is 11.9. The van der Waals surface area contributed by atoms with E-state index in [4.69, 9.17) is 9.26 Å². The largest absolute Gasteiger partial charge is 0.426 e. The van der Waals surface area contributed by atoms with Crippen LogP contribution in [0.3, 0.4) is 0 Å². The van der Waals surface area contributed by atoms with Crippen LogP contribution in [-0.4, -0.2) is 26.9 Å². The SMILES string of the molecule is CC(=O)c1cccc(OC(=O)CCc2nc(-c3ccccn3)no2)c1. The highest BCUT2D eigenvalue weighted by Gasteiger charge is 2.13. The molecule has 126 valence electrons. The summed E-state index contributed by atoms with van der Waals surface area (Å²) in [6.07, 6.45) is 1.97. The monoisotopic (exact) mass is 337 g/mol. The Kier molecular flexibility index (Phi) is 4.94. The first-order chi connectivity index (χ1) is 12.1. The summed E-state index contributed by atoms with van der Waals surface area (Å²) < 4.78 is 10.3. The van der Waals surface area contributed by atoms with Crippen molar-refractivity contribution in [2.24, 2.45) is 0 Å². The number of aryl methyl sites for hydroxylation is 1. The summed E-state index contributed by atoms with van der Waals surface area (Å²) in [4.78, 5) is 31.6. The lowest BCUT2D eigenvalue weighted by atomic mass is 10.1. The van der Waals surface area contributed by atoms with Gasteiger partial charge in [-0.2, -0.15) is 4.98 Å². The van der Waals surface area contributed by atoms with Crippen molar-refractivity contribution >= 4 is 11.8 Å². The zero-order valence-electron chi connectivity index (χ0n) is 13.5. The maximum Gasteiger partial charge on any atom is 0.311 e. The molecule has 0 aliphatic heterocycles. The van der Waals surface area contributed by atoms with Gasteiger partial charge in [0.2, 0.25) is 11.7 Å². The van der Waals surface area contributed by atoms with Crippen LogP contribution in [0.4, 0.5) is 0 Å². The van der Waals surface area contributed by atoms with Crippen molar-refractivity contribution in [2.75, 3.05) is 0 Å². The Bertz CT molecular complexity index is 890. The van der Waals surface area contributed by atoms with E-state index in [0.717, 1.165) is 0 Å². The number of rotatable bonds is 6. The number of ketones is 1. The number of hydrogen-bond donors (Lipinski definition) is 0. The minimum atomic E-state index is -0.446. The molecule has 0 saturated heterocycles. The Morgan fingerprint density at radius 3 is 2.80 bits per heavy atom. The molecule has 7 nitrogen and oxygen atoms in total. The second-order valence-electron chi connectivity index (χ2n) is 5.28. The molecular weight excluding hydrogens is 322 g/mol. The predicted molar refractivity (Wildman–Crippen MR) is 87.9 cm³/mol. The van der Waals surface area contributed by atoms with E-state index in [0.29, 0.717) is 28.7 Å². The molecule has 0 fully saturated rings. The highest BCUT2D eigenvalue weighted by atomic mass is 16.5. The fourth-order valence-corrected chi connectivity index (χ4v) is 2.13. The highest BCUT2D eigenvalue weighted by molar-refractivity contribution is 5.94. The van der Waals surface area contributed by atoms with Gasteiger partial charge in [0.1, 0.15) is 11.4 Å². The van der Waals surface area contributed by atoms with Gasteiger partial charge in [0.15, 0.2) is 5.78 Å². The standard InChI is InChI=1S/C18H15N3O4/c1-12(22)13-5-4-6-14(11-13)24-17(23)9-8-16-20-18(21-25-16)15-7-2-3-10-19-15/h2-7,10-11H,8-9H2,1H3. The van der Waals surface area contributed by atoms with Gasteiger partial charge in [-0.05, 0) is 31.2 Å². The van der Waals surface area contributed by atoms with Gasteiger partial charge >= 0.3 is 5.97 Å². The number of pyridine rings is 1. The third-order valence-electron chi connectivity index (χ3n) is 3.38. The Morgan fingerprint density at radius 2 is 2.04 bits per heavy atom. The summed E-state index contributed by atoms with van der Waals surface area (Å²) in [5.41, 5.74) is 1.09. The second kappa shape index (κ2) is 7.48. The molecule has 0 N–H and O–H groups in total. The van der Waals surface area contributed by atoms with E-state index in [1.165, 1.54) is 13.0 Å². The number of aromatic nitrogens is 3. The van der Waals surface area contributed by atoms with E-state index in [1.807, 2.05) is 6.07 Å². The molecule has 3 rings (SSSR count). The Hall–Kier alpha value is -3.35. The topological polar surface area (TPSA) is 95.2 Å². The third-order valence-corrected chi connectivity index (χ3v) is 3.38. The predicted octanol–water partition coefficient (Wildman–Crippen LogP) is 2.87. The molecule has 0 saturated carbocycles. The maximum absolute atomic E-state index is 11.9. The van der Waals surface area contributed by atoms with Crippen molar-refractivity contribution in [3.63, 3.8) is 0 Å². The lowest BCUT2D eigenvalue weighted by molar-refractivity contribution is -0.134. The average Bonchev–Trinajstić information content (AvgIpc) is 3.10. The van der Waals surface area contributed by atoms with Crippen molar-refractivity contribution in [3.05, 3.63) is 60.1 Å². The number of ether oxygens (including phenoxy) is 1. The van der Waals surface area contributed by atoms with Crippen molar-refractivity contribution in [2.45, 2.75) is 19.8 Å². The first kappa shape index (κ1) is 16.5. The van der Waals surface area contributed by atoms with Gasteiger partial charge in [0, 0.05) is 18.2 Å². The molecule has 2 aromatic heterocycles. The van der Waals surface area contributed by atoms with E-state index >= 15 is 0 Å². The zero-order valence-corrected chi connectivity index (χ0v) is 13.5. The van der Waals surface area contributed by atoms with Gasteiger partial charge in [0.25, 0.3) is 0 Å². The molecule has 1 aromatic carbocycles. The number of Topliss-reactive ketones (excluding diaryl/α,β-unsaturated/α-hetero) is 1. The summed E-state index contributed by atoms with van der Waals surface area (Å²) in [5.74, 6) is 0.495. The number of benzene rings is 1. The summed E-state index contributed by atoms with van der Waals surface area (Å²) in [5, 5.41) is 3.84. The Morgan fingerprint density at radius 1 is 1.16 bits per heavy atom. The van der Waals surface area contributed by atoms with Gasteiger partial charge in [-0.15, -0.1) is 0 Å². The van der Waals surface area contributed by atoms with Gasteiger partial charge in [-0.25, -0.2) is 0 Å². The molecule has 25 heavy (non-hydrogen) atoms. The van der Waals surface area contributed by atoms with Gasteiger partial charge in [-0.3, -0.25) is 14.6 Å². The zero-order chi connectivity index (χ0) is 17.6. The Balaban J connectivity index is 1.57. The molecule has 0 unspecified atom stereocenters. The Labute approximate surface area is 143 Å². The molecule has 0 aliphatic carbocycles. The van der Waals surface area contributed by atoms with Crippen LogP contribution in [0.1, 0.15) is 29.6 Å². The normalized spacial score (nSPS) is 10.4. The summed E-state index contributed by atoms with van der Waals surface area (Å²) in [6, 6.07) is 11.9. The molecule has 0 aliphatic rings. The fraction of sp³-hybridized carbons (Fsp3) is 0.167. The van der Waals surface area contributed by atoms with Crippen LogP contribution in [0, 0.1) is 0 Å². The smallest absolute Gasteiger partial charge is 0.311 e.